The summed E-state index contributed by atoms with van der Waals surface area (Å²) in [5.74, 6) is -0.0372. The first-order valence-corrected chi connectivity index (χ1v) is 8.90. The van der Waals surface area contributed by atoms with E-state index >= 15 is 0 Å². The van der Waals surface area contributed by atoms with Crippen molar-refractivity contribution in [3.8, 4) is 0 Å². The molecular formula is C17H35Cl2N3O3. The summed E-state index contributed by atoms with van der Waals surface area (Å²) in [5, 5.41) is 3.02. The van der Waals surface area contributed by atoms with Crippen molar-refractivity contribution < 1.29 is 14.3 Å². The number of ether oxygens (including phenoxy) is 2. The number of carbonyl (C=O) groups excluding carboxylic acids is 1. The molecule has 3 N–H and O–H groups in total. The Morgan fingerprint density at radius 2 is 1.92 bits per heavy atom. The Morgan fingerprint density at radius 3 is 2.48 bits per heavy atom. The normalized spacial score (nSPS) is 28.2. The molecule has 2 unspecified atom stereocenters. The van der Waals surface area contributed by atoms with Gasteiger partial charge < -0.3 is 20.5 Å². The molecule has 2 atom stereocenters. The third kappa shape index (κ3) is 5.68. The van der Waals surface area contributed by atoms with Gasteiger partial charge in [-0.05, 0) is 26.3 Å². The predicted octanol–water partition coefficient (Wildman–Crippen LogP) is 1.59. The lowest BCUT2D eigenvalue weighted by Crippen LogP contribution is -2.75. The molecule has 6 nitrogen and oxygen atoms in total. The quantitative estimate of drug-likeness (QED) is 0.606. The highest BCUT2D eigenvalue weighted by Gasteiger charge is 2.62. The monoisotopic (exact) mass is 399 g/mol. The minimum absolute atomic E-state index is 0. The number of nitrogens with zero attached hydrogens (tertiary/aromatic N) is 1. The molecular weight excluding hydrogens is 365 g/mol. The van der Waals surface area contributed by atoms with Crippen LogP contribution in [0.15, 0.2) is 0 Å². The molecule has 1 aliphatic heterocycles. The number of unbranched alkanes of at least 4 members (excludes halogenated alkanes) is 1. The SMILES string of the molecule is CCOC1CC(N)(C(=O)NCCCCN2CCOCC2)C1(C)C.Cl.Cl. The molecule has 0 bridgehead atoms. The average Bonchev–Trinajstić information content (AvgIpc) is 2.55. The lowest BCUT2D eigenvalue weighted by atomic mass is 9.54. The number of morpholine rings is 1. The van der Waals surface area contributed by atoms with E-state index in [2.05, 4.69) is 10.2 Å². The topological polar surface area (TPSA) is 76.8 Å². The lowest BCUT2D eigenvalue weighted by Gasteiger charge is -2.57. The van der Waals surface area contributed by atoms with Gasteiger partial charge in [-0.1, -0.05) is 13.8 Å². The molecule has 1 aliphatic carbocycles. The Morgan fingerprint density at radius 1 is 1.28 bits per heavy atom. The highest BCUT2D eigenvalue weighted by Crippen LogP contribution is 2.49. The van der Waals surface area contributed by atoms with E-state index in [0.29, 0.717) is 19.6 Å². The van der Waals surface area contributed by atoms with Crippen LogP contribution in [0.2, 0.25) is 0 Å². The van der Waals surface area contributed by atoms with Crippen molar-refractivity contribution in [2.24, 2.45) is 11.1 Å². The summed E-state index contributed by atoms with van der Waals surface area (Å²) in [5.41, 5.74) is 5.24. The van der Waals surface area contributed by atoms with Crippen molar-refractivity contribution in [3.05, 3.63) is 0 Å². The van der Waals surface area contributed by atoms with Crippen LogP contribution in [0.25, 0.3) is 0 Å². The van der Waals surface area contributed by atoms with Crippen LogP contribution >= 0.6 is 24.8 Å². The van der Waals surface area contributed by atoms with E-state index in [4.69, 9.17) is 15.2 Å². The Kier molecular flexibility index (Phi) is 10.9. The Bertz CT molecular complexity index is 407. The second-order valence-corrected chi connectivity index (χ2v) is 7.26. The van der Waals surface area contributed by atoms with E-state index in [9.17, 15) is 4.79 Å². The van der Waals surface area contributed by atoms with Gasteiger partial charge in [-0.2, -0.15) is 0 Å². The van der Waals surface area contributed by atoms with E-state index in [1.165, 1.54) is 0 Å². The van der Waals surface area contributed by atoms with E-state index in [1.54, 1.807) is 0 Å². The van der Waals surface area contributed by atoms with Gasteiger partial charge in [0.25, 0.3) is 0 Å². The van der Waals surface area contributed by atoms with Gasteiger partial charge in [0.2, 0.25) is 5.91 Å². The summed E-state index contributed by atoms with van der Waals surface area (Å²) in [6, 6.07) is 0. The predicted molar refractivity (Wildman–Crippen MR) is 105 cm³/mol. The first-order valence-electron chi connectivity index (χ1n) is 8.90. The number of hydrogen-bond donors (Lipinski definition) is 2. The molecule has 1 heterocycles. The fourth-order valence-electron chi connectivity index (χ4n) is 3.47. The minimum Gasteiger partial charge on any atom is -0.379 e. The summed E-state index contributed by atoms with van der Waals surface area (Å²) in [7, 11) is 0. The molecule has 8 heteroatoms. The van der Waals surface area contributed by atoms with Gasteiger partial charge in [0.1, 0.15) is 5.54 Å². The second kappa shape index (κ2) is 10.9. The van der Waals surface area contributed by atoms with Crippen LogP contribution in [0.1, 0.15) is 40.0 Å². The van der Waals surface area contributed by atoms with Crippen LogP contribution in [0.5, 0.6) is 0 Å². The summed E-state index contributed by atoms with van der Waals surface area (Å²) in [4.78, 5) is 14.9. The zero-order valence-corrected chi connectivity index (χ0v) is 17.3. The van der Waals surface area contributed by atoms with Crippen LogP contribution in [0.3, 0.4) is 0 Å². The maximum absolute atomic E-state index is 12.5. The number of hydrogen-bond acceptors (Lipinski definition) is 5. The third-order valence-electron chi connectivity index (χ3n) is 5.53. The van der Waals surface area contributed by atoms with E-state index in [1.807, 2.05) is 20.8 Å². The van der Waals surface area contributed by atoms with Crippen LogP contribution in [-0.4, -0.2) is 68.4 Å². The zero-order chi connectivity index (χ0) is 16.9. The molecule has 0 spiro atoms. The number of nitrogens with two attached hydrogens (primary N) is 1. The maximum atomic E-state index is 12.5. The first-order chi connectivity index (χ1) is 10.9. The van der Waals surface area contributed by atoms with Crippen molar-refractivity contribution in [2.75, 3.05) is 46.0 Å². The highest BCUT2D eigenvalue weighted by molar-refractivity contribution is 5.88. The number of rotatable bonds is 8. The summed E-state index contributed by atoms with van der Waals surface area (Å²) in [6.45, 7) is 12.2. The third-order valence-corrected chi connectivity index (χ3v) is 5.53. The Hall–Kier alpha value is -0.110. The molecule has 25 heavy (non-hydrogen) atoms. The Labute approximate surface area is 164 Å². The Balaban J connectivity index is 0.00000288. The van der Waals surface area contributed by atoms with Gasteiger partial charge in [-0.3, -0.25) is 9.69 Å². The van der Waals surface area contributed by atoms with Crippen molar-refractivity contribution in [3.63, 3.8) is 0 Å². The van der Waals surface area contributed by atoms with Crippen LogP contribution in [-0.2, 0) is 14.3 Å². The van der Waals surface area contributed by atoms with Gasteiger partial charge in [0.15, 0.2) is 0 Å². The minimum atomic E-state index is -0.808. The molecule has 150 valence electrons. The van der Waals surface area contributed by atoms with E-state index in [0.717, 1.165) is 45.7 Å². The van der Waals surface area contributed by atoms with Gasteiger partial charge in [0.05, 0.1) is 19.3 Å². The van der Waals surface area contributed by atoms with E-state index < -0.39 is 5.54 Å². The smallest absolute Gasteiger partial charge is 0.240 e. The summed E-state index contributed by atoms with van der Waals surface area (Å²) in [6.07, 6.45) is 2.75. The molecule has 0 radical (unpaired) electrons. The largest absolute Gasteiger partial charge is 0.379 e. The van der Waals surface area contributed by atoms with E-state index in [-0.39, 0.29) is 42.2 Å². The molecule has 2 aliphatic rings. The fourth-order valence-corrected chi connectivity index (χ4v) is 3.47. The molecule has 1 saturated carbocycles. The van der Waals surface area contributed by atoms with Gasteiger partial charge in [0, 0.05) is 38.1 Å². The number of nitrogens with one attached hydrogen (secondary N) is 1. The molecule has 0 aromatic carbocycles. The van der Waals surface area contributed by atoms with Crippen LogP contribution < -0.4 is 11.1 Å². The van der Waals surface area contributed by atoms with Gasteiger partial charge >= 0.3 is 0 Å². The number of halogens is 2. The number of carbonyl (C=O) groups is 1. The van der Waals surface area contributed by atoms with Crippen molar-refractivity contribution in [1.82, 2.24) is 10.2 Å². The zero-order valence-electron chi connectivity index (χ0n) is 15.7. The second-order valence-electron chi connectivity index (χ2n) is 7.26. The molecule has 0 aromatic heterocycles. The van der Waals surface area contributed by atoms with Crippen LogP contribution in [0.4, 0.5) is 0 Å². The standard InChI is InChI=1S/C17H33N3O3.2ClH/c1-4-23-14-13-17(18,16(14,2)3)15(21)19-7-5-6-8-20-9-11-22-12-10-20;;/h14H,4-13,18H2,1-3H3,(H,19,21);2*1H. The van der Waals surface area contributed by atoms with Crippen LogP contribution in [0, 0.1) is 5.41 Å². The maximum Gasteiger partial charge on any atom is 0.240 e. The first kappa shape index (κ1) is 24.9. The molecule has 2 rings (SSSR count). The summed E-state index contributed by atoms with van der Waals surface area (Å²) < 4.78 is 11.0. The lowest BCUT2D eigenvalue weighted by molar-refractivity contribution is -0.170. The van der Waals surface area contributed by atoms with Crippen molar-refractivity contribution in [2.45, 2.75) is 51.7 Å². The van der Waals surface area contributed by atoms with Crippen molar-refractivity contribution >= 4 is 30.7 Å². The summed E-state index contributed by atoms with van der Waals surface area (Å²) >= 11 is 0. The molecule has 2 fully saturated rings. The van der Waals surface area contributed by atoms with Gasteiger partial charge in [-0.15, -0.1) is 24.8 Å². The molecule has 1 saturated heterocycles. The number of amides is 1. The van der Waals surface area contributed by atoms with Gasteiger partial charge in [-0.25, -0.2) is 0 Å². The average molecular weight is 400 g/mol. The fraction of sp³-hybridized carbons (Fsp3) is 0.941. The highest BCUT2D eigenvalue weighted by atomic mass is 35.5. The molecule has 0 aromatic rings. The van der Waals surface area contributed by atoms with Crippen molar-refractivity contribution in [1.29, 1.82) is 0 Å². The molecule has 1 amide bonds.